The minimum Gasteiger partial charge on any atom is -0.497 e. The fourth-order valence-corrected chi connectivity index (χ4v) is 3.97. The van der Waals surface area contributed by atoms with Gasteiger partial charge in [0.15, 0.2) is 5.65 Å². The number of carbonyl (C=O) groups excluding carboxylic acids is 1. The minimum atomic E-state index is -4.44. The molecule has 1 aliphatic rings. The highest BCUT2D eigenvalue weighted by molar-refractivity contribution is 5.76. The number of alkyl halides is 3. The first-order valence-electron chi connectivity index (χ1n) is 10.2. The summed E-state index contributed by atoms with van der Waals surface area (Å²) in [6.07, 6.45) is -0.891. The monoisotopic (exact) mass is 432 g/mol. The number of fused-ring (bicyclic) bond motifs is 1. The normalized spacial score (nSPS) is 17.2. The van der Waals surface area contributed by atoms with Crippen molar-refractivity contribution in [2.75, 3.05) is 20.2 Å². The van der Waals surface area contributed by atoms with Crippen molar-refractivity contribution in [3.63, 3.8) is 0 Å². The maximum absolute atomic E-state index is 13.1. The molecule has 6 nitrogen and oxygen atoms in total. The lowest BCUT2D eigenvalue weighted by Crippen LogP contribution is -2.39. The quantitative estimate of drug-likeness (QED) is 0.609. The summed E-state index contributed by atoms with van der Waals surface area (Å²) < 4.78 is 45.9. The number of carbonyl (C=O) groups is 1. The smallest absolute Gasteiger partial charge is 0.417 e. The number of methoxy groups -OCH3 is 1. The van der Waals surface area contributed by atoms with Gasteiger partial charge >= 0.3 is 6.18 Å². The van der Waals surface area contributed by atoms with Crippen LogP contribution >= 0.6 is 0 Å². The van der Waals surface area contributed by atoms with E-state index in [2.05, 4.69) is 10.2 Å². The number of halogens is 3. The van der Waals surface area contributed by atoms with Gasteiger partial charge in [-0.15, -0.1) is 10.2 Å². The molecule has 9 heteroatoms. The molecule has 3 heterocycles. The molecule has 1 fully saturated rings. The van der Waals surface area contributed by atoms with Crippen molar-refractivity contribution in [1.82, 2.24) is 19.5 Å². The van der Waals surface area contributed by atoms with E-state index in [0.29, 0.717) is 37.4 Å². The van der Waals surface area contributed by atoms with Crippen molar-refractivity contribution in [1.29, 1.82) is 0 Å². The lowest BCUT2D eigenvalue weighted by atomic mass is 9.96. The van der Waals surface area contributed by atoms with Crippen LogP contribution in [0.15, 0.2) is 42.6 Å². The molecule has 164 valence electrons. The Morgan fingerprint density at radius 1 is 1.16 bits per heavy atom. The number of pyridine rings is 1. The zero-order valence-electron chi connectivity index (χ0n) is 17.1. The number of nitrogens with zero attached hydrogens (tertiary/aromatic N) is 4. The van der Waals surface area contributed by atoms with Crippen molar-refractivity contribution in [3.8, 4) is 5.75 Å². The van der Waals surface area contributed by atoms with Crippen LogP contribution < -0.4 is 4.74 Å². The number of piperidine rings is 1. The lowest BCUT2D eigenvalue weighted by molar-refractivity contribution is -0.137. The van der Waals surface area contributed by atoms with E-state index in [4.69, 9.17) is 4.74 Å². The van der Waals surface area contributed by atoms with E-state index < -0.39 is 11.7 Å². The Labute approximate surface area is 177 Å². The lowest BCUT2D eigenvalue weighted by Gasteiger charge is -2.32. The highest BCUT2D eigenvalue weighted by Gasteiger charge is 2.32. The molecule has 1 atom stereocenters. The van der Waals surface area contributed by atoms with E-state index in [1.54, 1.807) is 12.0 Å². The summed E-state index contributed by atoms with van der Waals surface area (Å²) in [6.45, 7) is 1.07. The van der Waals surface area contributed by atoms with Gasteiger partial charge in [-0.2, -0.15) is 13.2 Å². The molecular weight excluding hydrogens is 409 g/mol. The number of likely N-dealkylation sites (tertiary alicyclic amines) is 1. The summed E-state index contributed by atoms with van der Waals surface area (Å²) in [5.74, 6) is 1.11. The van der Waals surface area contributed by atoms with Gasteiger partial charge in [0, 0.05) is 31.6 Å². The molecule has 2 aromatic heterocycles. The predicted molar refractivity (Wildman–Crippen MR) is 108 cm³/mol. The van der Waals surface area contributed by atoms with Gasteiger partial charge in [-0.3, -0.25) is 9.20 Å². The Morgan fingerprint density at radius 3 is 2.65 bits per heavy atom. The Balaban J connectivity index is 1.45. The average Bonchev–Trinajstić information content (AvgIpc) is 3.20. The first-order chi connectivity index (χ1) is 14.8. The van der Waals surface area contributed by atoms with Crippen molar-refractivity contribution < 1.29 is 22.7 Å². The number of hydrogen-bond acceptors (Lipinski definition) is 4. The molecule has 0 bridgehead atoms. The topological polar surface area (TPSA) is 59.7 Å². The van der Waals surface area contributed by atoms with E-state index in [9.17, 15) is 18.0 Å². The number of aryl methyl sites for hydroxylation is 1. The van der Waals surface area contributed by atoms with Crippen molar-refractivity contribution in [2.45, 2.75) is 37.8 Å². The average molecular weight is 432 g/mol. The van der Waals surface area contributed by atoms with E-state index in [1.807, 2.05) is 24.3 Å². The summed E-state index contributed by atoms with van der Waals surface area (Å²) in [7, 11) is 1.61. The van der Waals surface area contributed by atoms with E-state index in [1.165, 1.54) is 10.5 Å². The van der Waals surface area contributed by atoms with Gasteiger partial charge < -0.3 is 9.64 Å². The van der Waals surface area contributed by atoms with E-state index in [0.717, 1.165) is 36.4 Å². The zero-order chi connectivity index (χ0) is 22.0. The van der Waals surface area contributed by atoms with Gasteiger partial charge in [0.05, 0.1) is 12.7 Å². The molecule has 3 aromatic rings. The Hall–Kier alpha value is -3.10. The Morgan fingerprint density at radius 2 is 1.94 bits per heavy atom. The SMILES string of the molecule is COc1ccc(CCC(=O)N2CCCC(c3nnc4ccc(C(F)(F)F)cn34)C2)cc1. The standard InChI is InChI=1S/C22H23F3N4O2/c1-31-18-8-4-15(5-9-18)6-11-20(30)28-12-2-3-16(13-28)21-27-26-19-10-7-17(14-29(19)21)22(23,24)25/h4-5,7-10,14,16H,2-3,6,11-13H2,1H3. The number of hydrogen-bond donors (Lipinski definition) is 0. The van der Waals surface area contributed by atoms with Crippen LogP contribution in [0.25, 0.3) is 5.65 Å². The summed E-state index contributed by atoms with van der Waals surface area (Å²) in [6, 6.07) is 9.92. The van der Waals surface area contributed by atoms with Gasteiger partial charge in [-0.25, -0.2) is 0 Å². The highest BCUT2D eigenvalue weighted by atomic mass is 19.4. The molecule has 1 aromatic carbocycles. The molecule has 4 rings (SSSR count). The molecule has 1 aliphatic heterocycles. The number of rotatable bonds is 5. The molecule has 0 radical (unpaired) electrons. The first-order valence-corrected chi connectivity index (χ1v) is 10.2. The summed E-state index contributed by atoms with van der Waals surface area (Å²) >= 11 is 0. The number of benzene rings is 1. The van der Waals surface area contributed by atoms with Crippen LogP contribution in [-0.2, 0) is 17.4 Å². The van der Waals surface area contributed by atoms with Crippen LogP contribution in [0.1, 0.15) is 42.1 Å². The number of aromatic nitrogens is 3. The van der Waals surface area contributed by atoms with Gasteiger partial charge in [0.2, 0.25) is 5.91 Å². The molecule has 0 N–H and O–H groups in total. The minimum absolute atomic E-state index is 0.0327. The molecule has 0 aliphatic carbocycles. The van der Waals surface area contributed by atoms with Crippen LogP contribution in [0.3, 0.4) is 0 Å². The summed E-state index contributed by atoms with van der Waals surface area (Å²) in [4.78, 5) is 14.6. The van der Waals surface area contributed by atoms with Crippen LogP contribution in [0.4, 0.5) is 13.2 Å². The number of ether oxygens (including phenoxy) is 1. The Bertz CT molecular complexity index is 1060. The molecule has 31 heavy (non-hydrogen) atoms. The van der Waals surface area contributed by atoms with Crippen molar-refractivity contribution >= 4 is 11.6 Å². The number of amides is 1. The molecule has 1 saturated heterocycles. The highest BCUT2D eigenvalue weighted by Crippen LogP contribution is 2.31. The van der Waals surface area contributed by atoms with Gasteiger partial charge in [0.25, 0.3) is 0 Å². The molecule has 1 amide bonds. The largest absolute Gasteiger partial charge is 0.497 e. The molecular formula is C22H23F3N4O2. The predicted octanol–water partition coefficient (Wildman–Crippen LogP) is 4.10. The fraction of sp³-hybridized carbons (Fsp3) is 0.409. The first kappa shape index (κ1) is 21.1. The van der Waals surface area contributed by atoms with Crippen molar-refractivity contribution in [3.05, 3.63) is 59.5 Å². The maximum atomic E-state index is 13.1. The maximum Gasteiger partial charge on any atom is 0.417 e. The van der Waals surface area contributed by atoms with Crippen LogP contribution in [0, 0.1) is 0 Å². The molecule has 0 spiro atoms. The second kappa shape index (κ2) is 8.56. The van der Waals surface area contributed by atoms with Gasteiger partial charge in [-0.1, -0.05) is 12.1 Å². The van der Waals surface area contributed by atoms with Crippen molar-refractivity contribution in [2.24, 2.45) is 0 Å². The summed E-state index contributed by atoms with van der Waals surface area (Å²) in [5, 5.41) is 8.15. The van der Waals surface area contributed by atoms with Crippen LogP contribution in [-0.4, -0.2) is 45.6 Å². The van der Waals surface area contributed by atoms with Crippen LogP contribution in [0.5, 0.6) is 5.75 Å². The third-order valence-corrected chi connectivity index (χ3v) is 5.68. The Kier molecular flexibility index (Phi) is 5.84. The third-order valence-electron chi connectivity index (χ3n) is 5.68. The van der Waals surface area contributed by atoms with E-state index in [-0.39, 0.29) is 11.8 Å². The third kappa shape index (κ3) is 4.65. The molecule has 0 saturated carbocycles. The zero-order valence-corrected chi connectivity index (χ0v) is 17.1. The second-order valence-corrected chi connectivity index (χ2v) is 7.73. The summed E-state index contributed by atoms with van der Waals surface area (Å²) in [5.41, 5.74) is 0.668. The molecule has 1 unspecified atom stereocenters. The van der Waals surface area contributed by atoms with Crippen LogP contribution in [0.2, 0.25) is 0 Å². The second-order valence-electron chi connectivity index (χ2n) is 7.73. The fourth-order valence-electron chi connectivity index (χ4n) is 3.97. The van der Waals surface area contributed by atoms with Gasteiger partial charge in [0.1, 0.15) is 11.6 Å². The van der Waals surface area contributed by atoms with E-state index >= 15 is 0 Å². The van der Waals surface area contributed by atoms with Gasteiger partial charge in [-0.05, 0) is 49.1 Å².